The van der Waals surface area contributed by atoms with E-state index in [1.54, 1.807) is 13.8 Å². The molecule has 0 aliphatic rings. The Morgan fingerprint density at radius 3 is 2.15 bits per heavy atom. The van der Waals surface area contributed by atoms with Crippen molar-refractivity contribution in [3.8, 4) is 0 Å². The molecule has 1 nitrogen and oxygen atoms in total. The molecule has 0 saturated carbocycles. The van der Waals surface area contributed by atoms with E-state index in [0.29, 0.717) is 12.1 Å². The van der Waals surface area contributed by atoms with Gasteiger partial charge in [0.15, 0.2) is 0 Å². The topological polar surface area (TPSA) is 26.0 Å². The van der Waals surface area contributed by atoms with E-state index in [-0.39, 0.29) is 0 Å². The minimum Gasteiger partial charge on any atom is -0.330 e. The van der Waals surface area contributed by atoms with Crippen molar-refractivity contribution >= 4 is 0 Å². The van der Waals surface area contributed by atoms with Crippen LogP contribution in [0.2, 0.25) is 0 Å². The van der Waals surface area contributed by atoms with Crippen molar-refractivity contribution in [2.75, 3.05) is 6.54 Å². The zero-order valence-electron chi connectivity index (χ0n) is 8.18. The van der Waals surface area contributed by atoms with Gasteiger partial charge in [-0.25, -0.2) is 4.39 Å². The van der Waals surface area contributed by atoms with Crippen LogP contribution in [0.25, 0.3) is 0 Å². The molecular weight excluding hydrogens is 165 g/mol. The normalized spacial score (nSPS) is 11.7. The van der Waals surface area contributed by atoms with Crippen molar-refractivity contribution in [2.45, 2.75) is 25.9 Å². The van der Waals surface area contributed by atoms with Gasteiger partial charge in [0.1, 0.15) is 5.67 Å². The SMILES string of the molecule is CC(C)(F)c1ccc(CCN)cc1. The molecule has 2 N–H and O–H groups in total. The number of nitrogens with two attached hydrogens (primary N) is 1. The molecule has 0 fully saturated rings. The molecule has 1 rings (SSSR count). The van der Waals surface area contributed by atoms with Crippen LogP contribution in [0.4, 0.5) is 4.39 Å². The molecule has 0 heterocycles. The second-order valence-corrected chi connectivity index (χ2v) is 3.71. The van der Waals surface area contributed by atoms with Gasteiger partial charge in [-0.2, -0.15) is 0 Å². The van der Waals surface area contributed by atoms with Gasteiger partial charge in [0.2, 0.25) is 0 Å². The highest BCUT2D eigenvalue weighted by molar-refractivity contribution is 5.26. The summed E-state index contributed by atoms with van der Waals surface area (Å²) in [6, 6.07) is 7.52. The van der Waals surface area contributed by atoms with Crippen LogP contribution in [-0.4, -0.2) is 6.54 Å². The fraction of sp³-hybridized carbons (Fsp3) is 0.455. The number of alkyl halides is 1. The quantitative estimate of drug-likeness (QED) is 0.761. The summed E-state index contributed by atoms with van der Waals surface area (Å²) in [6.07, 6.45) is 0.854. The lowest BCUT2D eigenvalue weighted by atomic mass is 9.98. The first-order valence-electron chi connectivity index (χ1n) is 4.52. The molecule has 0 aliphatic carbocycles. The van der Waals surface area contributed by atoms with Gasteiger partial charge in [0.05, 0.1) is 0 Å². The van der Waals surface area contributed by atoms with E-state index < -0.39 is 5.67 Å². The highest BCUT2D eigenvalue weighted by Gasteiger charge is 2.17. The maximum Gasteiger partial charge on any atom is 0.130 e. The van der Waals surface area contributed by atoms with Crippen LogP contribution in [0.5, 0.6) is 0 Å². The van der Waals surface area contributed by atoms with Crippen LogP contribution in [-0.2, 0) is 12.1 Å². The van der Waals surface area contributed by atoms with Crippen LogP contribution < -0.4 is 5.73 Å². The number of hydrogen-bond donors (Lipinski definition) is 1. The van der Waals surface area contributed by atoms with Crippen LogP contribution in [0.3, 0.4) is 0 Å². The Bertz CT molecular complexity index is 258. The third kappa shape index (κ3) is 2.81. The van der Waals surface area contributed by atoms with Gasteiger partial charge in [-0.05, 0) is 37.9 Å². The molecule has 1 aromatic carbocycles. The van der Waals surface area contributed by atoms with E-state index in [1.165, 1.54) is 0 Å². The second kappa shape index (κ2) is 3.88. The predicted molar refractivity (Wildman–Crippen MR) is 53.3 cm³/mol. The van der Waals surface area contributed by atoms with Gasteiger partial charge < -0.3 is 5.73 Å². The molecule has 0 amide bonds. The Morgan fingerprint density at radius 1 is 1.23 bits per heavy atom. The molecule has 0 spiro atoms. The van der Waals surface area contributed by atoms with E-state index in [9.17, 15) is 4.39 Å². The number of rotatable bonds is 3. The second-order valence-electron chi connectivity index (χ2n) is 3.71. The summed E-state index contributed by atoms with van der Waals surface area (Å²) in [5, 5.41) is 0. The summed E-state index contributed by atoms with van der Waals surface area (Å²) in [4.78, 5) is 0. The van der Waals surface area contributed by atoms with Crippen LogP contribution in [0.1, 0.15) is 25.0 Å². The Balaban J connectivity index is 2.81. The summed E-state index contributed by atoms with van der Waals surface area (Å²) in [6.45, 7) is 3.76. The van der Waals surface area contributed by atoms with E-state index in [1.807, 2.05) is 24.3 Å². The lowest BCUT2D eigenvalue weighted by Crippen LogP contribution is -2.09. The zero-order chi connectivity index (χ0) is 9.90. The molecule has 0 aliphatic heterocycles. The van der Waals surface area contributed by atoms with Gasteiger partial charge in [-0.3, -0.25) is 0 Å². The number of benzene rings is 1. The fourth-order valence-electron chi connectivity index (χ4n) is 1.23. The van der Waals surface area contributed by atoms with Gasteiger partial charge >= 0.3 is 0 Å². The molecule has 0 atom stereocenters. The maximum atomic E-state index is 13.4. The molecule has 0 radical (unpaired) electrons. The van der Waals surface area contributed by atoms with E-state index in [2.05, 4.69) is 0 Å². The molecule has 72 valence electrons. The summed E-state index contributed by atoms with van der Waals surface area (Å²) in [7, 11) is 0. The largest absolute Gasteiger partial charge is 0.330 e. The molecule has 0 bridgehead atoms. The van der Waals surface area contributed by atoms with Crippen LogP contribution >= 0.6 is 0 Å². The molecular formula is C11H16FN. The van der Waals surface area contributed by atoms with Crippen molar-refractivity contribution in [3.63, 3.8) is 0 Å². The zero-order valence-corrected chi connectivity index (χ0v) is 8.18. The molecule has 0 saturated heterocycles. The Morgan fingerprint density at radius 2 is 1.77 bits per heavy atom. The van der Waals surface area contributed by atoms with Gasteiger partial charge in [-0.15, -0.1) is 0 Å². The minimum absolute atomic E-state index is 0.637. The Labute approximate surface area is 78.8 Å². The summed E-state index contributed by atoms with van der Waals surface area (Å²) < 4.78 is 13.4. The fourth-order valence-corrected chi connectivity index (χ4v) is 1.23. The summed E-state index contributed by atoms with van der Waals surface area (Å²) in [5.41, 5.74) is 6.04. The van der Waals surface area contributed by atoms with Gasteiger partial charge in [-0.1, -0.05) is 24.3 Å². The number of halogens is 1. The third-order valence-corrected chi connectivity index (χ3v) is 2.07. The molecule has 0 aromatic heterocycles. The smallest absolute Gasteiger partial charge is 0.130 e. The average molecular weight is 181 g/mol. The molecule has 1 aromatic rings. The van der Waals surface area contributed by atoms with Crippen LogP contribution in [0, 0.1) is 0 Å². The van der Waals surface area contributed by atoms with E-state index >= 15 is 0 Å². The predicted octanol–water partition coefficient (Wildman–Crippen LogP) is 2.39. The standard InChI is InChI=1S/C11H16FN/c1-11(2,12)10-5-3-9(4-6-10)7-8-13/h3-6H,7-8,13H2,1-2H3. The third-order valence-electron chi connectivity index (χ3n) is 2.07. The summed E-state index contributed by atoms with van der Waals surface area (Å²) >= 11 is 0. The lowest BCUT2D eigenvalue weighted by molar-refractivity contribution is 0.221. The average Bonchev–Trinajstić information content (AvgIpc) is 2.04. The molecule has 0 unspecified atom stereocenters. The monoisotopic (exact) mass is 181 g/mol. The van der Waals surface area contributed by atoms with Crippen molar-refractivity contribution in [3.05, 3.63) is 35.4 Å². The van der Waals surface area contributed by atoms with Crippen molar-refractivity contribution in [1.82, 2.24) is 0 Å². The Kier molecular flexibility index (Phi) is 3.04. The van der Waals surface area contributed by atoms with Crippen LogP contribution in [0.15, 0.2) is 24.3 Å². The first-order valence-corrected chi connectivity index (χ1v) is 4.52. The Hall–Kier alpha value is -0.890. The highest BCUT2D eigenvalue weighted by Crippen LogP contribution is 2.24. The maximum absolute atomic E-state index is 13.4. The first-order chi connectivity index (χ1) is 6.04. The first kappa shape index (κ1) is 10.2. The lowest BCUT2D eigenvalue weighted by Gasteiger charge is -2.14. The van der Waals surface area contributed by atoms with E-state index in [4.69, 9.17) is 5.73 Å². The minimum atomic E-state index is -1.25. The number of hydrogen-bond acceptors (Lipinski definition) is 1. The van der Waals surface area contributed by atoms with E-state index in [0.717, 1.165) is 12.0 Å². The van der Waals surface area contributed by atoms with Gasteiger partial charge in [0, 0.05) is 0 Å². The van der Waals surface area contributed by atoms with Gasteiger partial charge in [0.25, 0.3) is 0 Å². The van der Waals surface area contributed by atoms with Crippen molar-refractivity contribution in [1.29, 1.82) is 0 Å². The van der Waals surface area contributed by atoms with Crippen molar-refractivity contribution < 1.29 is 4.39 Å². The molecule has 2 heteroatoms. The van der Waals surface area contributed by atoms with Crippen molar-refractivity contribution in [2.24, 2.45) is 5.73 Å². The summed E-state index contributed by atoms with van der Waals surface area (Å²) in [5.74, 6) is 0. The highest BCUT2D eigenvalue weighted by atomic mass is 19.1. The molecule has 13 heavy (non-hydrogen) atoms.